The lowest BCUT2D eigenvalue weighted by atomic mass is 10.1. The first-order chi connectivity index (χ1) is 4.16. The first kappa shape index (κ1) is 8.34. The number of hydrogen-bond acceptors (Lipinski definition) is 1. The zero-order valence-electron chi connectivity index (χ0n) is 6.29. The predicted octanol–water partition coefficient (Wildman–Crippen LogP) is 0.902. The molecule has 0 atom stereocenters. The van der Waals surface area contributed by atoms with Crippen LogP contribution in [0.5, 0.6) is 0 Å². The van der Waals surface area contributed by atoms with Crippen molar-refractivity contribution in [3.05, 3.63) is 0 Å². The highest BCUT2D eigenvalue weighted by Crippen LogP contribution is 1.93. The number of rotatable bonds is 3. The van der Waals surface area contributed by atoms with Crippen LogP contribution in [0.3, 0.4) is 0 Å². The average molecular weight is 128 g/mol. The summed E-state index contributed by atoms with van der Waals surface area (Å²) in [6.45, 7) is 4.24. The van der Waals surface area contributed by atoms with Gasteiger partial charge in [-0.05, 0) is 5.92 Å². The summed E-state index contributed by atoms with van der Waals surface area (Å²) in [5.74, 6) is 0.632. The zero-order chi connectivity index (χ0) is 7.28. The molecule has 0 aliphatic heterocycles. The highest BCUT2D eigenvalue weighted by atomic mass is 16.1. The molecule has 0 aromatic carbocycles. The van der Waals surface area contributed by atoms with Crippen LogP contribution in [0.4, 0.5) is 0 Å². The van der Waals surface area contributed by atoms with E-state index in [1.807, 2.05) is 6.21 Å². The van der Waals surface area contributed by atoms with E-state index in [9.17, 15) is 4.79 Å². The quantitative estimate of drug-likeness (QED) is 0.314. The molecule has 0 spiro atoms. The van der Waals surface area contributed by atoms with Gasteiger partial charge in [-0.25, -0.2) is 4.79 Å². The molecule has 0 heterocycles. The minimum Gasteiger partial charge on any atom is -0.223 e. The molecule has 9 heavy (non-hydrogen) atoms. The SMILES string of the molecule is CC(C)CC=[N+](C)C=O. The monoisotopic (exact) mass is 128 g/mol. The van der Waals surface area contributed by atoms with Crippen LogP contribution < -0.4 is 0 Å². The van der Waals surface area contributed by atoms with E-state index in [1.165, 1.54) is 0 Å². The van der Waals surface area contributed by atoms with E-state index >= 15 is 0 Å². The molecule has 52 valence electrons. The largest absolute Gasteiger partial charge is 0.374 e. The van der Waals surface area contributed by atoms with Crippen molar-refractivity contribution >= 4 is 12.6 Å². The maximum absolute atomic E-state index is 10.0. The lowest BCUT2D eigenvalue weighted by Gasteiger charge is -1.92. The van der Waals surface area contributed by atoms with Crippen LogP contribution in [0.25, 0.3) is 0 Å². The maximum atomic E-state index is 10.0. The second-order valence-corrected chi connectivity index (χ2v) is 2.58. The molecule has 0 rings (SSSR count). The molecule has 1 amide bonds. The number of nitrogens with zero attached hydrogens (tertiary/aromatic N) is 1. The third-order valence-corrected chi connectivity index (χ3v) is 1.03. The van der Waals surface area contributed by atoms with E-state index in [2.05, 4.69) is 13.8 Å². The van der Waals surface area contributed by atoms with Crippen LogP contribution in [0.2, 0.25) is 0 Å². The van der Waals surface area contributed by atoms with E-state index in [4.69, 9.17) is 0 Å². The van der Waals surface area contributed by atoms with Gasteiger partial charge in [-0.2, -0.15) is 4.58 Å². The molecule has 0 bridgehead atoms. The van der Waals surface area contributed by atoms with Gasteiger partial charge in [-0.15, -0.1) is 0 Å². The molecule has 2 heteroatoms. The standard InChI is InChI=1S/C7H14NO/c1-7(2)4-5-8(3)6-9/h5-7H,4H2,1-3H3/q+1. The van der Waals surface area contributed by atoms with Gasteiger partial charge in [0, 0.05) is 6.42 Å². The van der Waals surface area contributed by atoms with Crippen LogP contribution >= 0.6 is 0 Å². The van der Waals surface area contributed by atoms with Crippen molar-refractivity contribution in [3.8, 4) is 0 Å². The van der Waals surface area contributed by atoms with Gasteiger partial charge >= 0.3 is 6.41 Å². The van der Waals surface area contributed by atoms with Gasteiger partial charge in [0.05, 0.1) is 0 Å². The fraction of sp³-hybridized carbons (Fsp3) is 0.714. The van der Waals surface area contributed by atoms with E-state index in [1.54, 1.807) is 11.6 Å². The fourth-order valence-corrected chi connectivity index (χ4v) is 0.420. The summed E-state index contributed by atoms with van der Waals surface area (Å²) in [5, 5.41) is 0. The summed E-state index contributed by atoms with van der Waals surface area (Å²) in [4.78, 5) is 10.0. The molecule has 0 saturated heterocycles. The van der Waals surface area contributed by atoms with Crippen molar-refractivity contribution in [2.75, 3.05) is 7.05 Å². The van der Waals surface area contributed by atoms with Crippen LogP contribution in [-0.4, -0.2) is 24.2 Å². The molecular formula is C7H14NO+. The van der Waals surface area contributed by atoms with Crippen molar-refractivity contribution in [3.63, 3.8) is 0 Å². The Kier molecular flexibility index (Phi) is 3.93. The minimum atomic E-state index is 0.632. The van der Waals surface area contributed by atoms with E-state index in [0.29, 0.717) is 5.92 Å². The van der Waals surface area contributed by atoms with Crippen LogP contribution in [0.1, 0.15) is 20.3 Å². The molecule has 0 saturated carbocycles. The summed E-state index contributed by atoms with van der Waals surface area (Å²) >= 11 is 0. The third-order valence-electron chi connectivity index (χ3n) is 1.03. The Morgan fingerprint density at radius 1 is 1.56 bits per heavy atom. The van der Waals surface area contributed by atoms with Crippen molar-refractivity contribution in [2.45, 2.75) is 20.3 Å². The Morgan fingerprint density at radius 3 is 2.44 bits per heavy atom. The van der Waals surface area contributed by atoms with Crippen LogP contribution in [0, 0.1) is 5.92 Å². The zero-order valence-corrected chi connectivity index (χ0v) is 6.29. The number of carbonyl (C=O) groups excluding carboxylic acids is 1. The molecule has 0 aromatic rings. The molecule has 2 nitrogen and oxygen atoms in total. The Labute approximate surface area is 56.2 Å². The van der Waals surface area contributed by atoms with E-state index in [0.717, 1.165) is 12.8 Å². The lowest BCUT2D eigenvalue weighted by molar-refractivity contribution is -0.397. The predicted molar refractivity (Wildman–Crippen MR) is 37.8 cm³/mol. The second kappa shape index (κ2) is 4.24. The molecule has 0 aliphatic carbocycles. The van der Waals surface area contributed by atoms with Gasteiger partial charge in [-0.1, -0.05) is 13.8 Å². The van der Waals surface area contributed by atoms with Crippen LogP contribution in [-0.2, 0) is 4.79 Å². The average Bonchev–Trinajstić information content (AvgIpc) is 1.83. The van der Waals surface area contributed by atoms with Crippen molar-refractivity contribution in [1.82, 2.24) is 0 Å². The molecule has 0 aliphatic rings. The molecule has 0 aromatic heterocycles. The smallest absolute Gasteiger partial charge is 0.223 e. The van der Waals surface area contributed by atoms with Crippen molar-refractivity contribution in [2.24, 2.45) is 5.92 Å². The molecule has 0 radical (unpaired) electrons. The van der Waals surface area contributed by atoms with E-state index < -0.39 is 0 Å². The maximum Gasteiger partial charge on any atom is 0.374 e. The Bertz CT molecular complexity index is 116. The van der Waals surface area contributed by atoms with Gasteiger partial charge in [0.1, 0.15) is 13.3 Å². The number of carbonyl (C=O) groups is 1. The first-order valence-corrected chi connectivity index (χ1v) is 3.17. The summed E-state index contributed by atoms with van der Waals surface area (Å²) in [7, 11) is 1.75. The molecule has 0 N–H and O–H groups in total. The second-order valence-electron chi connectivity index (χ2n) is 2.58. The highest BCUT2D eigenvalue weighted by molar-refractivity contribution is 5.56. The van der Waals surface area contributed by atoms with Gasteiger partial charge in [0.15, 0.2) is 0 Å². The highest BCUT2D eigenvalue weighted by Gasteiger charge is 1.94. The Hall–Kier alpha value is -0.660. The van der Waals surface area contributed by atoms with E-state index in [-0.39, 0.29) is 0 Å². The van der Waals surface area contributed by atoms with Gasteiger partial charge in [-0.3, -0.25) is 0 Å². The molecule has 0 fully saturated rings. The first-order valence-electron chi connectivity index (χ1n) is 3.17. The summed E-state index contributed by atoms with van der Waals surface area (Å²) < 4.78 is 1.54. The fourth-order valence-electron chi connectivity index (χ4n) is 0.420. The van der Waals surface area contributed by atoms with Gasteiger partial charge in [0.2, 0.25) is 0 Å². The van der Waals surface area contributed by atoms with Gasteiger partial charge < -0.3 is 0 Å². The number of hydrogen-bond donors (Lipinski definition) is 0. The van der Waals surface area contributed by atoms with Gasteiger partial charge in [0.25, 0.3) is 0 Å². The van der Waals surface area contributed by atoms with Crippen molar-refractivity contribution < 1.29 is 9.37 Å². The molecular weight excluding hydrogens is 114 g/mol. The minimum absolute atomic E-state index is 0.632. The third kappa shape index (κ3) is 5.21. The topological polar surface area (TPSA) is 20.1 Å². The lowest BCUT2D eigenvalue weighted by Crippen LogP contribution is -2.04. The van der Waals surface area contributed by atoms with Crippen molar-refractivity contribution in [1.29, 1.82) is 0 Å². The Morgan fingerprint density at radius 2 is 2.11 bits per heavy atom. The van der Waals surface area contributed by atoms with Crippen LogP contribution in [0.15, 0.2) is 0 Å². The number of amides is 1. The normalized spacial score (nSPS) is 12.2. The summed E-state index contributed by atoms with van der Waals surface area (Å²) in [6, 6.07) is 0. The Balaban J connectivity index is 3.56. The molecule has 0 unspecified atom stereocenters. The summed E-state index contributed by atoms with van der Waals surface area (Å²) in [6.07, 6.45) is 3.66. The summed E-state index contributed by atoms with van der Waals surface area (Å²) in [5.41, 5.74) is 0.